The summed E-state index contributed by atoms with van der Waals surface area (Å²) < 4.78 is 40.0. The molecule has 6 nitrogen and oxygen atoms in total. The van der Waals surface area contributed by atoms with Gasteiger partial charge in [-0.05, 0) is 56.2 Å². The summed E-state index contributed by atoms with van der Waals surface area (Å²) in [5, 5.41) is 21.9. The van der Waals surface area contributed by atoms with Crippen molar-refractivity contribution in [1.29, 1.82) is 10.5 Å². The molecule has 2 aromatic carbocycles. The number of nitrogens with zero attached hydrogens (tertiary/aromatic N) is 3. The molecule has 3 rings (SSSR count). The Morgan fingerprint density at radius 1 is 1.14 bits per heavy atom. The van der Waals surface area contributed by atoms with E-state index in [1.807, 2.05) is 13.0 Å². The van der Waals surface area contributed by atoms with Crippen LogP contribution >= 0.6 is 0 Å². The summed E-state index contributed by atoms with van der Waals surface area (Å²) in [6.07, 6.45) is -4.05. The van der Waals surface area contributed by atoms with Crippen molar-refractivity contribution in [3.05, 3.63) is 76.5 Å². The molecule has 3 atom stereocenters. The molecule has 0 aromatic heterocycles. The van der Waals surface area contributed by atoms with Gasteiger partial charge in [0.1, 0.15) is 5.92 Å². The molecule has 9 heteroatoms. The Morgan fingerprint density at radius 3 is 2.34 bits per heavy atom. The predicted molar refractivity (Wildman–Crippen MR) is 123 cm³/mol. The second-order valence-corrected chi connectivity index (χ2v) is 8.34. The number of hydrogen-bond donors (Lipinski definition) is 1. The molecule has 2 amide bonds. The van der Waals surface area contributed by atoms with Crippen LogP contribution in [0, 0.1) is 28.6 Å². The van der Waals surface area contributed by atoms with Crippen molar-refractivity contribution in [1.82, 2.24) is 5.32 Å². The lowest BCUT2D eigenvalue weighted by Crippen LogP contribution is -2.51. The second-order valence-electron chi connectivity index (χ2n) is 8.34. The molecule has 1 N–H and O–H groups in total. The molecular formula is C26H23F3N4O2. The monoisotopic (exact) mass is 480 g/mol. The Labute approximate surface area is 201 Å². The van der Waals surface area contributed by atoms with Gasteiger partial charge in [0.15, 0.2) is 0 Å². The SMILES string of the molecule is CCC(C)NC(=O)C1C(=O)N(c2cccc(C(F)(F)F)c2)C(C)=C(C#N)C1c1ccc(C#N)cc1. The number of nitrogens with one attached hydrogen (secondary N) is 1. The lowest BCUT2D eigenvalue weighted by molar-refractivity contribution is -0.138. The van der Waals surface area contributed by atoms with E-state index in [1.165, 1.54) is 31.2 Å². The molecule has 0 spiro atoms. The van der Waals surface area contributed by atoms with Crippen LogP contribution in [-0.4, -0.2) is 17.9 Å². The van der Waals surface area contributed by atoms with Crippen molar-refractivity contribution in [3.8, 4) is 12.1 Å². The summed E-state index contributed by atoms with van der Waals surface area (Å²) in [7, 11) is 0. The number of carbonyl (C=O) groups excluding carboxylic acids is 2. The summed E-state index contributed by atoms with van der Waals surface area (Å²) in [5.41, 5.74) is 0.0101. The van der Waals surface area contributed by atoms with E-state index >= 15 is 0 Å². The van der Waals surface area contributed by atoms with Crippen LogP contribution in [0.25, 0.3) is 0 Å². The molecule has 35 heavy (non-hydrogen) atoms. The van der Waals surface area contributed by atoms with E-state index in [0.29, 0.717) is 17.5 Å². The quantitative estimate of drug-likeness (QED) is 0.607. The summed E-state index contributed by atoms with van der Waals surface area (Å²) in [6.45, 7) is 5.08. The third kappa shape index (κ3) is 5.04. The minimum atomic E-state index is -4.64. The van der Waals surface area contributed by atoms with Crippen molar-refractivity contribution < 1.29 is 22.8 Å². The minimum Gasteiger partial charge on any atom is -0.353 e. The van der Waals surface area contributed by atoms with Gasteiger partial charge < -0.3 is 5.32 Å². The van der Waals surface area contributed by atoms with E-state index in [1.54, 1.807) is 19.1 Å². The first-order valence-corrected chi connectivity index (χ1v) is 11.0. The Hall–Kier alpha value is -4.11. The van der Waals surface area contributed by atoms with Gasteiger partial charge in [0.05, 0.1) is 28.8 Å². The molecular weight excluding hydrogens is 457 g/mol. The van der Waals surface area contributed by atoms with Crippen LogP contribution in [0.5, 0.6) is 0 Å². The highest BCUT2D eigenvalue weighted by atomic mass is 19.4. The lowest BCUT2D eigenvalue weighted by Gasteiger charge is -2.38. The number of hydrogen-bond acceptors (Lipinski definition) is 4. The molecule has 0 aliphatic carbocycles. The molecule has 180 valence electrons. The van der Waals surface area contributed by atoms with Crippen molar-refractivity contribution in [2.24, 2.45) is 5.92 Å². The van der Waals surface area contributed by atoms with E-state index in [0.717, 1.165) is 17.0 Å². The number of allylic oxidation sites excluding steroid dienone is 2. The van der Waals surface area contributed by atoms with Crippen molar-refractivity contribution in [2.45, 2.75) is 45.3 Å². The van der Waals surface area contributed by atoms with Crippen LogP contribution < -0.4 is 10.2 Å². The molecule has 0 saturated heterocycles. The Kier molecular flexibility index (Phi) is 7.31. The third-order valence-corrected chi connectivity index (χ3v) is 6.09. The Balaban J connectivity index is 2.22. The fraction of sp³-hybridized carbons (Fsp3) is 0.308. The number of benzene rings is 2. The Morgan fingerprint density at radius 2 is 1.80 bits per heavy atom. The van der Waals surface area contributed by atoms with Crippen LogP contribution in [0.4, 0.5) is 18.9 Å². The minimum absolute atomic E-state index is 0.0796. The molecule has 0 radical (unpaired) electrons. The maximum Gasteiger partial charge on any atom is 0.416 e. The molecule has 3 unspecified atom stereocenters. The molecule has 1 aliphatic heterocycles. The average Bonchev–Trinajstić information content (AvgIpc) is 2.83. The van der Waals surface area contributed by atoms with Gasteiger partial charge in [0.2, 0.25) is 11.8 Å². The predicted octanol–water partition coefficient (Wildman–Crippen LogP) is 5.04. The van der Waals surface area contributed by atoms with Gasteiger partial charge >= 0.3 is 6.18 Å². The zero-order chi connectivity index (χ0) is 25.9. The average molecular weight is 480 g/mol. The van der Waals surface area contributed by atoms with Gasteiger partial charge in [0, 0.05) is 23.3 Å². The van der Waals surface area contributed by atoms with Crippen molar-refractivity contribution in [2.75, 3.05) is 4.90 Å². The highest BCUT2D eigenvalue weighted by Gasteiger charge is 2.47. The molecule has 0 fully saturated rings. The number of alkyl halides is 3. The number of halogens is 3. The van der Waals surface area contributed by atoms with Crippen LogP contribution in [-0.2, 0) is 15.8 Å². The van der Waals surface area contributed by atoms with E-state index < -0.39 is 35.4 Å². The van der Waals surface area contributed by atoms with E-state index in [9.17, 15) is 28.0 Å². The van der Waals surface area contributed by atoms with Gasteiger partial charge in [-0.2, -0.15) is 23.7 Å². The van der Waals surface area contributed by atoms with Gasteiger partial charge in [-0.25, -0.2) is 0 Å². The number of carbonyl (C=O) groups is 2. The number of rotatable bonds is 5. The highest BCUT2D eigenvalue weighted by molar-refractivity contribution is 6.12. The number of amides is 2. The zero-order valence-electron chi connectivity index (χ0n) is 19.3. The van der Waals surface area contributed by atoms with Crippen LogP contribution in [0.15, 0.2) is 59.8 Å². The third-order valence-electron chi connectivity index (χ3n) is 6.09. The lowest BCUT2D eigenvalue weighted by atomic mass is 9.75. The van der Waals surface area contributed by atoms with Gasteiger partial charge in [-0.15, -0.1) is 0 Å². The van der Waals surface area contributed by atoms with Gasteiger partial charge in [-0.3, -0.25) is 14.5 Å². The maximum absolute atomic E-state index is 13.8. The van der Waals surface area contributed by atoms with E-state index in [4.69, 9.17) is 5.26 Å². The molecule has 1 heterocycles. The largest absolute Gasteiger partial charge is 0.416 e. The van der Waals surface area contributed by atoms with Gasteiger partial charge in [-0.1, -0.05) is 25.1 Å². The topological polar surface area (TPSA) is 97.0 Å². The Bertz CT molecular complexity index is 1250. The van der Waals surface area contributed by atoms with Crippen LogP contribution in [0.3, 0.4) is 0 Å². The standard InChI is InChI=1S/C26H23F3N4O2/c1-4-15(2)32-24(34)23-22(18-10-8-17(13-30)9-11-18)21(14-31)16(3)33(25(23)35)20-7-5-6-19(12-20)26(27,28)29/h5-12,15,22-23H,4H2,1-3H3,(H,32,34). The number of anilines is 1. The zero-order valence-corrected chi connectivity index (χ0v) is 19.3. The van der Waals surface area contributed by atoms with Crippen LogP contribution in [0.2, 0.25) is 0 Å². The first-order chi connectivity index (χ1) is 16.5. The maximum atomic E-state index is 13.8. The number of nitriles is 2. The highest BCUT2D eigenvalue weighted by Crippen LogP contribution is 2.43. The van der Waals surface area contributed by atoms with E-state index in [2.05, 4.69) is 11.4 Å². The summed E-state index contributed by atoms with van der Waals surface area (Å²) in [5.74, 6) is -3.73. The summed E-state index contributed by atoms with van der Waals surface area (Å²) in [6, 6.07) is 14.2. The normalized spacial score (nSPS) is 19.1. The van der Waals surface area contributed by atoms with Crippen molar-refractivity contribution in [3.63, 3.8) is 0 Å². The molecule has 1 aliphatic rings. The fourth-order valence-electron chi connectivity index (χ4n) is 4.07. The molecule has 0 bridgehead atoms. The van der Waals surface area contributed by atoms with Crippen LogP contribution in [0.1, 0.15) is 49.8 Å². The van der Waals surface area contributed by atoms with Crippen molar-refractivity contribution >= 4 is 17.5 Å². The summed E-state index contributed by atoms with van der Waals surface area (Å²) in [4.78, 5) is 28.1. The van der Waals surface area contributed by atoms with E-state index in [-0.39, 0.29) is 23.0 Å². The first-order valence-electron chi connectivity index (χ1n) is 11.0. The second kappa shape index (κ2) is 10.0. The fourth-order valence-corrected chi connectivity index (χ4v) is 4.07. The molecule has 0 saturated carbocycles. The first kappa shape index (κ1) is 25.5. The smallest absolute Gasteiger partial charge is 0.353 e. The summed E-state index contributed by atoms with van der Waals surface area (Å²) >= 11 is 0. The van der Waals surface area contributed by atoms with Gasteiger partial charge in [0.25, 0.3) is 0 Å². The molecule has 2 aromatic rings.